The number of benzene rings is 1. The zero-order chi connectivity index (χ0) is 20.9. The Hall–Kier alpha value is -2.64. The van der Waals surface area contributed by atoms with E-state index in [1.807, 2.05) is 18.2 Å². The monoisotopic (exact) mass is 443 g/mol. The number of rotatable bonds is 6. The fourth-order valence-corrected chi connectivity index (χ4v) is 3.83. The van der Waals surface area contributed by atoms with E-state index < -0.39 is 0 Å². The van der Waals surface area contributed by atoms with Crippen LogP contribution in [0, 0.1) is 5.82 Å². The van der Waals surface area contributed by atoms with Crippen molar-refractivity contribution in [3.05, 3.63) is 77.5 Å². The van der Waals surface area contributed by atoms with Gasteiger partial charge in [-0.3, -0.25) is 9.97 Å². The van der Waals surface area contributed by atoms with Gasteiger partial charge in [0.2, 0.25) is 0 Å². The molecular formula is C23H27ClFN5O. The van der Waals surface area contributed by atoms with Crippen molar-refractivity contribution >= 4 is 18.2 Å². The van der Waals surface area contributed by atoms with Gasteiger partial charge in [-0.15, -0.1) is 12.4 Å². The van der Waals surface area contributed by atoms with Crippen molar-refractivity contribution in [3.8, 4) is 0 Å². The number of aliphatic hydroxyl groups excluding tert-OH is 1. The van der Waals surface area contributed by atoms with E-state index in [1.54, 1.807) is 18.6 Å². The minimum atomic E-state index is -0.334. The molecule has 1 aliphatic rings. The van der Waals surface area contributed by atoms with Crippen molar-refractivity contribution in [3.63, 3.8) is 0 Å². The average Bonchev–Trinajstić information content (AvgIpc) is 2.75. The molecule has 3 aromatic rings. The molecule has 1 unspecified atom stereocenters. The highest BCUT2D eigenvalue weighted by Gasteiger charge is 2.21. The number of β-amino-alcohol motifs (C(OH)–C–C–N with tert-alkyl or cyclic N) is 1. The number of aliphatic hydroxyl groups is 1. The molecule has 1 saturated heterocycles. The van der Waals surface area contributed by atoms with Crippen LogP contribution in [0.3, 0.4) is 0 Å². The summed E-state index contributed by atoms with van der Waals surface area (Å²) in [4.78, 5) is 20.2. The second-order valence-electron chi connectivity index (χ2n) is 7.91. The predicted octanol–water partition coefficient (Wildman–Crippen LogP) is 3.73. The molecule has 2 aromatic heterocycles. The summed E-state index contributed by atoms with van der Waals surface area (Å²) in [5.74, 6) is 1.49. The van der Waals surface area contributed by atoms with Crippen LogP contribution in [-0.4, -0.2) is 44.2 Å². The summed E-state index contributed by atoms with van der Waals surface area (Å²) in [7, 11) is 0. The first-order valence-electron chi connectivity index (χ1n) is 10.4. The number of hydrogen-bond donors (Lipinski definition) is 1. The number of piperidine rings is 1. The van der Waals surface area contributed by atoms with Crippen molar-refractivity contribution in [2.24, 2.45) is 0 Å². The number of halogens is 2. The molecule has 6 nitrogen and oxygen atoms in total. The molecule has 0 amide bonds. The Kier molecular flexibility index (Phi) is 7.87. The van der Waals surface area contributed by atoms with E-state index in [9.17, 15) is 9.50 Å². The molecule has 1 aliphatic heterocycles. The molecule has 3 heterocycles. The zero-order valence-corrected chi connectivity index (χ0v) is 18.3. The Morgan fingerprint density at radius 3 is 2.68 bits per heavy atom. The van der Waals surface area contributed by atoms with Crippen LogP contribution in [0.1, 0.15) is 48.5 Å². The predicted molar refractivity (Wildman–Crippen MR) is 120 cm³/mol. The van der Waals surface area contributed by atoms with E-state index in [4.69, 9.17) is 9.97 Å². The van der Waals surface area contributed by atoms with E-state index in [-0.39, 0.29) is 30.2 Å². The molecule has 0 aliphatic carbocycles. The van der Waals surface area contributed by atoms with Gasteiger partial charge in [-0.25, -0.2) is 14.4 Å². The van der Waals surface area contributed by atoms with Crippen LogP contribution in [0.5, 0.6) is 0 Å². The first-order chi connectivity index (χ1) is 14.6. The second-order valence-corrected chi connectivity index (χ2v) is 7.91. The van der Waals surface area contributed by atoms with Gasteiger partial charge in [0.1, 0.15) is 17.5 Å². The summed E-state index contributed by atoms with van der Waals surface area (Å²) in [6.45, 7) is 3.54. The van der Waals surface area contributed by atoms with Gasteiger partial charge in [-0.1, -0.05) is 19.1 Å². The van der Waals surface area contributed by atoms with Crippen molar-refractivity contribution in [2.75, 3.05) is 18.0 Å². The van der Waals surface area contributed by atoms with Crippen molar-refractivity contribution in [2.45, 2.75) is 44.6 Å². The molecular weight excluding hydrogens is 417 g/mol. The molecule has 164 valence electrons. The van der Waals surface area contributed by atoms with Crippen LogP contribution in [0.4, 0.5) is 10.2 Å². The molecule has 4 rings (SSSR count). The second kappa shape index (κ2) is 10.6. The maximum atomic E-state index is 13.3. The van der Waals surface area contributed by atoms with Crippen LogP contribution in [-0.2, 0) is 12.8 Å². The molecule has 0 bridgehead atoms. The third-order valence-corrected chi connectivity index (χ3v) is 5.44. The maximum absolute atomic E-state index is 13.3. The first kappa shape index (κ1) is 23.0. The maximum Gasteiger partial charge on any atom is 0.132 e. The molecule has 8 heteroatoms. The minimum Gasteiger partial charge on any atom is -0.391 e. The fourth-order valence-electron chi connectivity index (χ4n) is 3.83. The topological polar surface area (TPSA) is 75.0 Å². The van der Waals surface area contributed by atoms with Crippen LogP contribution in [0.25, 0.3) is 0 Å². The van der Waals surface area contributed by atoms with Gasteiger partial charge in [0.05, 0.1) is 17.5 Å². The molecule has 2 atom stereocenters. The van der Waals surface area contributed by atoms with Crippen molar-refractivity contribution in [1.29, 1.82) is 0 Å². The third kappa shape index (κ3) is 6.18. The Balaban J connectivity index is 0.00000272. The summed E-state index contributed by atoms with van der Waals surface area (Å²) < 4.78 is 13.3. The lowest BCUT2D eigenvalue weighted by atomic mass is 9.97. The normalized spacial score (nSPS) is 17.1. The van der Waals surface area contributed by atoms with Gasteiger partial charge >= 0.3 is 0 Å². The Bertz CT molecular complexity index is 973. The van der Waals surface area contributed by atoms with E-state index >= 15 is 0 Å². The lowest BCUT2D eigenvalue weighted by Gasteiger charge is -2.31. The highest BCUT2D eigenvalue weighted by Crippen LogP contribution is 2.23. The lowest BCUT2D eigenvalue weighted by Crippen LogP contribution is -2.39. The van der Waals surface area contributed by atoms with Crippen molar-refractivity contribution in [1.82, 2.24) is 19.9 Å². The molecule has 1 fully saturated rings. The summed E-state index contributed by atoms with van der Waals surface area (Å²) in [5, 5.41) is 10.1. The average molecular weight is 444 g/mol. The smallest absolute Gasteiger partial charge is 0.132 e. The number of hydrogen-bond acceptors (Lipinski definition) is 6. The highest BCUT2D eigenvalue weighted by atomic mass is 35.5. The SMILES string of the molecule is C[C@H](Cc1nc(Cc2cnccn2)cc(N2CCCC(O)C2)n1)c1ccc(F)cc1.Cl. The number of nitrogens with zero attached hydrogens (tertiary/aromatic N) is 5. The molecule has 1 aromatic carbocycles. The van der Waals surface area contributed by atoms with E-state index in [0.29, 0.717) is 19.4 Å². The zero-order valence-electron chi connectivity index (χ0n) is 17.5. The molecule has 1 N–H and O–H groups in total. The summed E-state index contributed by atoms with van der Waals surface area (Å²) in [6.07, 6.45) is 7.71. The van der Waals surface area contributed by atoms with E-state index in [1.165, 1.54) is 12.1 Å². The highest BCUT2D eigenvalue weighted by molar-refractivity contribution is 5.85. The van der Waals surface area contributed by atoms with Crippen LogP contribution in [0.15, 0.2) is 48.9 Å². The molecule has 0 radical (unpaired) electrons. The van der Waals surface area contributed by atoms with Crippen molar-refractivity contribution < 1.29 is 9.50 Å². The quantitative estimate of drug-likeness (QED) is 0.625. The number of aromatic nitrogens is 4. The lowest BCUT2D eigenvalue weighted by molar-refractivity contribution is 0.154. The third-order valence-electron chi connectivity index (χ3n) is 5.44. The molecule has 31 heavy (non-hydrogen) atoms. The molecule has 0 saturated carbocycles. The van der Waals surface area contributed by atoms with Gasteiger partial charge in [0.25, 0.3) is 0 Å². The van der Waals surface area contributed by atoms with Crippen LogP contribution >= 0.6 is 12.4 Å². The fraction of sp³-hybridized carbons (Fsp3) is 0.391. The van der Waals surface area contributed by atoms with Crippen LogP contribution in [0.2, 0.25) is 0 Å². The van der Waals surface area contributed by atoms with Gasteiger partial charge in [0, 0.05) is 50.6 Å². The minimum absolute atomic E-state index is 0. The standard InChI is InChI=1S/C23H26FN5O.ClH/c1-16(17-4-6-18(24)7-5-17)11-22-27-19(12-20-14-25-8-9-26-20)13-23(28-22)29-10-2-3-21(30)15-29;/h4-9,13-14,16,21,30H,2-3,10-12,15H2,1H3;1H/t16-,21?;/m1./s1. The summed E-state index contributed by atoms with van der Waals surface area (Å²) >= 11 is 0. The largest absolute Gasteiger partial charge is 0.391 e. The van der Waals surface area contributed by atoms with E-state index in [2.05, 4.69) is 21.8 Å². The Labute approximate surface area is 188 Å². The van der Waals surface area contributed by atoms with Gasteiger partial charge in [-0.05, 0) is 36.5 Å². The Morgan fingerprint density at radius 1 is 1.16 bits per heavy atom. The first-order valence-corrected chi connectivity index (χ1v) is 10.4. The van der Waals surface area contributed by atoms with Gasteiger partial charge in [0.15, 0.2) is 0 Å². The summed E-state index contributed by atoms with van der Waals surface area (Å²) in [5.41, 5.74) is 2.77. The summed E-state index contributed by atoms with van der Waals surface area (Å²) in [6, 6.07) is 8.57. The van der Waals surface area contributed by atoms with Crippen LogP contribution < -0.4 is 4.90 Å². The van der Waals surface area contributed by atoms with Gasteiger partial charge < -0.3 is 10.0 Å². The van der Waals surface area contributed by atoms with Gasteiger partial charge in [-0.2, -0.15) is 0 Å². The van der Waals surface area contributed by atoms with E-state index in [0.717, 1.165) is 48.0 Å². The Morgan fingerprint density at radius 2 is 1.97 bits per heavy atom. The molecule has 0 spiro atoms. The number of anilines is 1.